The van der Waals surface area contributed by atoms with Gasteiger partial charge in [-0.3, -0.25) is 24.2 Å². The number of benzene rings is 1. The van der Waals surface area contributed by atoms with E-state index in [0.29, 0.717) is 0 Å². The van der Waals surface area contributed by atoms with Gasteiger partial charge in [0, 0.05) is 11.1 Å². The maximum absolute atomic E-state index is 13.7. The number of anilines is 1. The second-order valence-electron chi connectivity index (χ2n) is 9.23. The van der Waals surface area contributed by atoms with Crippen molar-refractivity contribution in [3.8, 4) is 11.1 Å². The highest BCUT2D eigenvalue weighted by Gasteiger charge is 2.50. The van der Waals surface area contributed by atoms with E-state index >= 15 is 0 Å². The molecule has 3 heterocycles. The van der Waals surface area contributed by atoms with Crippen molar-refractivity contribution in [1.82, 2.24) is 4.90 Å². The summed E-state index contributed by atoms with van der Waals surface area (Å²) in [5.74, 6) is -1.06. The minimum absolute atomic E-state index is 0.172. The van der Waals surface area contributed by atoms with Crippen LogP contribution in [0.25, 0.3) is 11.1 Å². The number of hydrogen-bond donors (Lipinski definition) is 0. The third kappa shape index (κ3) is 3.06. The molecule has 31 heavy (non-hydrogen) atoms. The average molecular weight is 473 g/mol. The second kappa shape index (κ2) is 7.32. The molecule has 1 aliphatic carbocycles. The van der Waals surface area contributed by atoms with Crippen molar-refractivity contribution < 1.29 is 14.4 Å². The molecule has 0 bridgehead atoms. The fourth-order valence-electron chi connectivity index (χ4n) is 5.38. The lowest BCUT2D eigenvalue weighted by Gasteiger charge is -2.43. The average Bonchev–Trinajstić information content (AvgIpc) is 3.23. The molecule has 0 unspecified atom stereocenters. The lowest BCUT2D eigenvalue weighted by atomic mass is 9.81. The molecule has 5 rings (SSSR count). The van der Waals surface area contributed by atoms with Gasteiger partial charge in [0.25, 0.3) is 0 Å². The minimum atomic E-state index is -0.620. The van der Waals surface area contributed by atoms with Gasteiger partial charge in [0.1, 0.15) is 10.4 Å². The Morgan fingerprint density at radius 3 is 2.42 bits per heavy atom. The molecule has 8 heteroatoms. The Bertz CT molecular complexity index is 1150. The Morgan fingerprint density at radius 2 is 1.77 bits per heavy atom. The van der Waals surface area contributed by atoms with Crippen LogP contribution in [0.1, 0.15) is 50.0 Å². The number of rotatable bonds is 2. The van der Waals surface area contributed by atoms with Crippen LogP contribution in [0.5, 0.6) is 0 Å². The van der Waals surface area contributed by atoms with Gasteiger partial charge in [0.15, 0.2) is 0 Å². The molecule has 162 valence electrons. The molecule has 3 amide bonds. The number of hydrogen-bond acceptors (Lipinski definition) is 6. The summed E-state index contributed by atoms with van der Waals surface area (Å²) in [5.41, 5.74) is 3.26. The van der Waals surface area contributed by atoms with Crippen LogP contribution >= 0.6 is 32.9 Å². The van der Waals surface area contributed by atoms with Crippen LogP contribution in [0.4, 0.5) is 5.69 Å². The first-order valence-corrected chi connectivity index (χ1v) is 13.2. The lowest BCUT2D eigenvalue weighted by molar-refractivity contribution is -0.143. The Kier molecular flexibility index (Phi) is 4.95. The molecule has 0 radical (unpaired) electrons. The number of aryl methyl sites for hydroxylation is 1. The van der Waals surface area contributed by atoms with Crippen molar-refractivity contribution in [3.05, 3.63) is 32.5 Å². The highest BCUT2D eigenvalue weighted by atomic mass is 32.9. The zero-order valence-electron chi connectivity index (χ0n) is 17.8. The van der Waals surface area contributed by atoms with Crippen molar-refractivity contribution in [2.24, 2.45) is 11.8 Å². The van der Waals surface area contributed by atoms with Gasteiger partial charge in [-0.15, -0.1) is 0 Å². The molecule has 1 saturated heterocycles. The van der Waals surface area contributed by atoms with Crippen molar-refractivity contribution >= 4 is 56.3 Å². The number of imide groups is 1. The van der Waals surface area contributed by atoms with E-state index < -0.39 is 5.54 Å². The van der Waals surface area contributed by atoms with Crippen LogP contribution in [0.15, 0.2) is 18.2 Å². The Balaban J connectivity index is 1.54. The molecule has 5 nitrogen and oxygen atoms in total. The number of nitrogens with zero attached hydrogens (tertiary/aromatic N) is 2. The van der Waals surface area contributed by atoms with E-state index in [1.807, 2.05) is 32.9 Å². The number of fused-ring (bicyclic) bond motifs is 4. The molecule has 2 aliphatic heterocycles. The smallest absolute Gasteiger partial charge is 0.247 e. The van der Waals surface area contributed by atoms with E-state index in [1.165, 1.54) is 4.90 Å². The van der Waals surface area contributed by atoms with Crippen LogP contribution in [0, 0.1) is 22.6 Å². The highest BCUT2D eigenvalue weighted by Crippen LogP contribution is 2.52. The summed E-state index contributed by atoms with van der Waals surface area (Å²) in [6, 6.07) is 6.01. The standard InChI is InChI=1S/C23H24N2O3S3/c1-12-8-9-16-15(10-12)18-19(30-31-22(18)29)23(2,3)25(16)17(26)11-24-20(27)13-6-4-5-7-14(13)21(24)28/h8-10,13-14H,4-7,11H2,1-3H3/t13-,14+. The maximum atomic E-state index is 13.7. The molecule has 2 atom stereocenters. The zero-order valence-corrected chi connectivity index (χ0v) is 20.2. The predicted molar refractivity (Wildman–Crippen MR) is 126 cm³/mol. The Morgan fingerprint density at radius 1 is 1.13 bits per heavy atom. The highest BCUT2D eigenvalue weighted by molar-refractivity contribution is 7.80. The number of carbonyl (C=O) groups excluding carboxylic acids is 3. The normalized spacial score (nSPS) is 24.1. The van der Waals surface area contributed by atoms with Gasteiger partial charge in [0.05, 0.1) is 27.9 Å². The van der Waals surface area contributed by atoms with Crippen LogP contribution in [0.2, 0.25) is 0 Å². The van der Waals surface area contributed by atoms with Crippen LogP contribution in [0.3, 0.4) is 0 Å². The van der Waals surface area contributed by atoms with E-state index in [2.05, 4.69) is 6.07 Å². The first-order valence-electron chi connectivity index (χ1n) is 10.6. The maximum Gasteiger partial charge on any atom is 0.247 e. The van der Waals surface area contributed by atoms with Crippen molar-refractivity contribution in [3.63, 3.8) is 0 Å². The summed E-state index contributed by atoms with van der Waals surface area (Å²) in [5, 5.41) is 0. The second-order valence-corrected chi connectivity index (χ2v) is 12.0. The van der Waals surface area contributed by atoms with Gasteiger partial charge in [-0.05, 0) is 45.7 Å². The molecule has 1 saturated carbocycles. The molecule has 0 spiro atoms. The van der Waals surface area contributed by atoms with Gasteiger partial charge in [-0.1, -0.05) is 57.4 Å². The fourth-order valence-corrected chi connectivity index (χ4v) is 8.66. The van der Waals surface area contributed by atoms with E-state index in [0.717, 1.165) is 56.8 Å². The van der Waals surface area contributed by atoms with E-state index in [4.69, 9.17) is 12.2 Å². The molecule has 1 aromatic carbocycles. The molecule has 0 N–H and O–H groups in total. The Hall–Kier alpha value is -1.90. The van der Waals surface area contributed by atoms with Gasteiger partial charge in [0.2, 0.25) is 17.7 Å². The predicted octanol–water partition coefficient (Wildman–Crippen LogP) is 5.27. The number of likely N-dealkylation sites (tertiary alicyclic amines) is 1. The van der Waals surface area contributed by atoms with Crippen molar-refractivity contribution in [1.29, 1.82) is 0 Å². The lowest BCUT2D eigenvalue weighted by Crippen LogP contribution is -2.52. The molecular weight excluding hydrogens is 448 g/mol. The number of amides is 3. The summed E-state index contributed by atoms with van der Waals surface area (Å²) < 4.78 is 0.834. The Labute approximate surface area is 194 Å². The summed E-state index contributed by atoms with van der Waals surface area (Å²) in [7, 11) is 3.16. The van der Waals surface area contributed by atoms with Crippen LogP contribution in [-0.4, -0.2) is 29.2 Å². The first-order chi connectivity index (χ1) is 14.7. The monoisotopic (exact) mass is 472 g/mol. The van der Waals surface area contributed by atoms with Gasteiger partial charge in [-0.2, -0.15) is 0 Å². The fraction of sp³-hybridized carbons (Fsp3) is 0.478. The van der Waals surface area contributed by atoms with E-state index in [1.54, 1.807) is 25.6 Å². The quantitative estimate of drug-likeness (QED) is 0.339. The number of carbonyl (C=O) groups is 3. The first kappa shape index (κ1) is 21.0. The topological polar surface area (TPSA) is 57.7 Å². The molecule has 2 aromatic rings. The van der Waals surface area contributed by atoms with Crippen molar-refractivity contribution in [2.45, 2.75) is 52.0 Å². The van der Waals surface area contributed by atoms with Gasteiger partial charge < -0.3 is 0 Å². The molecule has 2 fully saturated rings. The van der Waals surface area contributed by atoms with Crippen molar-refractivity contribution in [2.75, 3.05) is 11.4 Å². The minimum Gasteiger partial charge on any atom is -0.300 e. The third-order valence-corrected chi connectivity index (χ3v) is 10.2. The molecular formula is C23H24N2O3S3. The summed E-state index contributed by atoms with van der Waals surface area (Å²) in [6.07, 6.45) is 3.44. The molecule has 3 aliphatic rings. The summed E-state index contributed by atoms with van der Waals surface area (Å²) in [6.45, 7) is 5.84. The van der Waals surface area contributed by atoms with Gasteiger partial charge in [-0.25, -0.2) is 0 Å². The zero-order chi connectivity index (χ0) is 22.1. The van der Waals surface area contributed by atoms with E-state index in [9.17, 15) is 14.4 Å². The third-order valence-electron chi connectivity index (χ3n) is 6.88. The summed E-state index contributed by atoms with van der Waals surface area (Å²) in [4.78, 5) is 43.6. The summed E-state index contributed by atoms with van der Waals surface area (Å²) >= 11 is 5.63. The largest absolute Gasteiger partial charge is 0.300 e. The van der Waals surface area contributed by atoms with Crippen LogP contribution in [-0.2, 0) is 19.9 Å². The SMILES string of the molecule is Cc1ccc2c(c1)-c1c(ssc1=S)C(C)(C)N2C(=O)CN1C(=O)[C@H]2CCCC[C@H]2C1=O. The van der Waals surface area contributed by atoms with Crippen LogP contribution < -0.4 is 4.90 Å². The molecule has 1 aromatic heterocycles. The van der Waals surface area contributed by atoms with Gasteiger partial charge >= 0.3 is 0 Å². The van der Waals surface area contributed by atoms with E-state index in [-0.39, 0.29) is 36.1 Å².